The van der Waals surface area contributed by atoms with Crippen LogP contribution in [0.3, 0.4) is 0 Å². The number of hydrogen-bond donors (Lipinski definition) is 2. The zero-order valence-electron chi connectivity index (χ0n) is 17.7. The van der Waals surface area contributed by atoms with E-state index >= 15 is 0 Å². The van der Waals surface area contributed by atoms with E-state index in [1.54, 1.807) is 18.0 Å². The van der Waals surface area contributed by atoms with Crippen LogP contribution >= 0.6 is 0 Å². The number of nitrogens with one attached hydrogen (secondary N) is 2. The largest absolute Gasteiger partial charge is 0.354 e. The van der Waals surface area contributed by atoms with E-state index in [0.717, 1.165) is 0 Å². The Balaban J connectivity index is 1.50. The molecule has 4 heterocycles. The molecule has 0 amide bonds. The van der Waals surface area contributed by atoms with Gasteiger partial charge in [-0.15, -0.1) is 0 Å². The quantitative estimate of drug-likeness (QED) is 0.578. The van der Waals surface area contributed by atoms with Crippen molar-refractivity contribution in [2.24, 2.45) is 4.99 Å². The number of amidine groups is 1. The highest BCUT2D eigenvalue weighted by atomic mass is 19.3. The number of aromatic nitrogens is 3. The van der Waals surface area contributed by atoms with E-state index in [4.69, 9.17) is 0 Å². The van der Waals surface area contributed by atoms with Gasteiger partial charge < -0.3 is 10.2 Å². The van der Waals surface area contributed by atoms with Gasteiger partial charge in [0.1, 0.15) is 34.7 Å². The Kier molecular flexibility index (Phi) is 5.49. The van der Waals surface area contributed by atoms with Gasteiger partial charge in [0.25, 0.3) is 6.43 Å². The molecule has 1 aromatic carbocycles. The Morgan fingerprint density at radius 2 is 1.82 bits per heavy atom. The molecule has 1 saturated heterocycles. The summed E-state index contributed by atoms with van der Waals surface area (Å²) in [6, 6.07) is 5.47. The highest BCUT2D eigenvalue weighted by molar-refractivity contribution is 6.13. The van der Waals surface area contributed by atoms with Gasteiger partial charge >= 0.3 is 0 Å². The number of nitrogens with zero attached hydrogens (tertiary/aromatic N) is 5. The second-order valence-electron chi connectivity index (χ2n) is 7.99. The number of anilines is 2. The molecule has 5 rings (SSSR count). The number of alkyl halides is 2. The van der Waals surface area contributed by atoms with E-state index in [0.29, 0.717) is 60.3 Å². The molecule has 33 heavy (non-hydrogen) atoms. The van der Waals surface area contributed by atoms with Crippen LogP contribution in [0.15, 0.2) is 35.5 Å². The molecule has 0 atom stereocenters. The summed E-state index contributed by atoms with van der Waals surface area (Å²) in [6.07, 6.45) is -0.785. The van der Waals surface area contributed by atoms with Crippen LogP contribution < -0.4 is 10.2 Å². The monoisotopic (exact) mass is 459 g/mol. The van der Waals surface area contributed by atoms with Crippen LogP contribution in [0.4, 0.5) is 34.8 Å². The average molecular weight is 459 g/mol. The Morgan fingerprint density at radius 1 is 1.09 bits per heavy atom. The summed E-state index contributed by atoms with van der Waals surface area (Å²) in [6.45, 7) is 3.67. The van der Waals surface area contributed by atoms with E-state index < -0.39 is 18.1 Å². The standard InChI is InChI=1S/C22H21F4N7/c1-12-20-21(31-30-12)13-9-18(33-7-5-32(6-8-33)11-17(25)26)27-10-16(13)28-22(29-20)19-14(23)3-2-4-15(19)24/h2-4,9-10,17H,5-8,11H2,1H3,(H,28,29)(H,30,31). The molecule has 11 heteroatoms. The number of H-pyrrole nitrogens is 1. The van der Waals surface area contributed by atoms with Crippen molar-refractivity contribution in [1.29, 1.82) is 0 Å². The number of benzene rings is 1. The number of halogens is 4. The number of hydrogen-bond acceptors (Lipinski definition) is 6. The van der Waals surface area contributed by atoms with Crippen molar-refractivity contribution in [3.8, 4) is 11.3 Å². The van der Waals surface area contributed by atoms with Crippen LogP contribution in [0.25, 0.3) is 11.3 Å². The lowest BCUT2D eigenvalue weighted by Gasteiger charge is -2.35. The van der Waals surface area contributed by atoms with Gasteiger partial charge in [-0.3, -0.25) is 10.00 Å². The number of aliphatic imine (C=N–C) groups is 1. The normalized spacial score (nSPS) is 16.2. The van der Waals surface area contributed by atoms with Gasteiger partial charge in [-0.25, -0.2) is 27.5 Å². The van der Waals surface area contributed by atoms with Crippen LogP contribution in [-0.4, -0.2) is 65.1 Å². The molecule has 0 unspecified atom stereocenters. The Labute approximate surface area is 187 Å². The summed E-state index contributed by atoms with van der Waals surface area (Å²) in [7, 11) is 0. The number of piperazine rings is 1. The number of rotatable bonds is 4. The van der Waals surface area contributed by atoms with Crippen molar-refractivity contribution < 1.29 is 17.6 Å². The smallest absolute Gasteiger partial charge is 0.251 e. The molecule has 2 N–H and O–H groups in total. The molecule has 2 aromatic heterocycles. The molecule has 172 valence electrons. The molecule has 3 aromatic rings. The molecule has 1 fully saturated rings. The van der Waals surface area contributed by atoms with Crippen molar-refractivity contribution >= 4 is 23.0 Å². The minimum atomic E-state index is -2.36. The first-order valence-electron chi connectivity index (χ1n) is 10.5. The van der Waals surface area contributed by atoms with Gasteiger partial charge in [0.15, 0.2) is 0 Å². The Hall–Kier alpha value is -3.47. The lowest BCUT2D eigenvalue weighted by Crippen LogP contribution is -2.48. The summed E-state index contributed by atoms with van der Waals surface area (Å²) in [5.41, 5.74) is 2.55. The maximum atomic E-state index is 14.5. The third-order valence-corrected chi connectivity index (χ3v) is 5.83. The minimum Gasteiger partial charge on any atom is -0.354 e. The summed E-state index contributed by atoms with van der Waals surface area (Å²) in [4.78, 5) is 12.8. The number of pyridine rings is 1. The molecular formula is C22H21F4N7. The lowest BCUT2D eigenvalue weighted by molar-refractivity contribution is 0.0854. The van der Waals surface area contributed by atoms with Crippen molar-refractivity contribution in [3.63, 3.8) is 0 Å². The van der Waals surface area contributed by atoms with Crippen LogP contribution in [0.1, 0.15) is 11.3 Å². The molecule has 7 nitrogen and oxygen atoms in total. The van der Waals surface area contributed by atoms with Crippen LogP contribution in [0.2, 0.25) is 0 Å². The van der Waals surface area contributed by atoms with Crippen molar-refractivity contribution in [1.82, 2.24) is 20.1 Å². The van der Waals surface area contributed by atoms with E-state index in [2.05, 4.69) is 25.5 Å². The van der Waals surface area contributed by atoms with Gasteiger partial charge in [-0.05, 0) is 25.1 Å². The van der Waals surface area contributed by atoms with E-state index in [-0.39, 0.29) is 17.9 Å². The average Bonchev–Trinajstić information content (AvgIpc) is 3.05. The third kappa shape index (κ3) is 4.04. The number of aromatic amines is 1. The minimum absolute atomic E-state index is 0.0188. The molecule has 0 bridgehead atoms. The number of aryl methyl sites for hydroxylation is 1. The molecule has 0 saturated carbocycles. The highest BCUT2D eigenvalue weighted by Crippen LogP contribution is 2.40. The maximum absolute atomic E-state index is 14.5. The summed E-state index contributed by atoms with van der Waals surface area (Å²) >= 11 is 0. The predicted molar refractivity (Wildman–Crippen MR) is 117 cm³/mol. The van der Waals surface area contributed by atoms with Crippen molar-refractivity contribution in [2.45, 2.75) is 13.3 Å². The fraction of sp³-hybridized carbons (Fsp3) is 0.318. The van der Waals surface area contributed by atoms with Gasteiger partial charge in [0.05, 0.1) is 29.7 Å². The van der Waals surface area contributed by atoms with E-state index in [1.165, 1.54) is 18.2 Å². The second-order valence-corrected chi connectivity index (χ2v) is 7.99. The molecule has 0 spiro atoms. The van der Waals surface area contributed by atoms with Crippen LogP contribution in [0.5, 0.6) is 0 Å². The fourth-order valence-corrected chi connectivity index (χ4v) is 4.13. The summed E-state index contributed by atoms with van der Waals surface area (Å²) in [5, 5.41) is 10.3. The first-order chi connectivity index (χ1) is 15.9. The van der Waals surface area contributed by atoms with Crippen LogP contribution in [0, 0.1) is 18.6 Å². The molecule has 0 radical (unpaired) electrons. The molecule has 2 aliphatic heterocycles. The Bertz CT molecular complexity index is 1200. The summed E-state index contributed by atoms with van der Waals surface area (Å²) in [5.74, 6) is -0.790. The van der Waals surface area contributed by atoms with Gasteiger partial charge in [-0.2, -0.15) is 5.10 Å². The summed E-state index contributed by atoms with van der Waals surface area (Å²) < 4.78 is 54.4. The van der Waals surface area contributed by atoms with Crippen LogP contribution in [-0.2, 0) is 0 Å². The molecule has 0 aliphatic carbocycles. The SMILES string of the molecule is Cc1[nH]nc2c1N=C(c1c(F)cccc1F)Nc1cnc(N3CCN(CC(F)F)CC3)cc1-2. The lowest BCUT2D eigenvalue weighted by atomic mass is 10.1. The number of fused-ring (bicyclic) bond motifs is 3. The van der Waals surface area contributed by atoms with Gasteiger partial charge in [0.2, 0.25) is 0 Å². The zero-order valence-corrected chi connectivity index (χ0v) is 17.7. The molecular weight excluding hydrogens is 438 g/mol. The maximum Gasteiger partial charge on any atom is 0.251 e. The molecule has 2 aliphatic rings. The van der Waals surface area contributed by atoms with Crippen molar-refractivity contribution in [3.05, 3.63) is 53.4 Å². The van der Waals surface area contributed by atoms with Crippen molar-refractivity contribution in [2.75, 3.05) is 42.9 Å². The van der Waals surface area contributed by atoms with Gasteiger partial charge in [-0.1, -0.05) is 6.07 Å². The van der Waals surface area contributed by atoms with E-state index in [9.17, 15) is 17.6 Å². The second kappa shape index (κ2) is 8.47. The topological polar surface area (TPSA) is 72.4 Å². The first kappa shape index (κ1) is 21.4. The third-order valence-electron chi connectivity index (χ3n) is 5.83. The zero-order chi connectivity index (χ0) is 23.1. The first-order valence-corrected chi connectivity index (χ1v) is 10.5. The fourth-order valence-electron chi connectivity index (χ4n) is 4.13. The highest BCUT2D eigenvalue weighted by Gasteiger charge is 2.27. The predicted octanol–water partition coefficient (Wildman–Crippen LogP) is 3.95. The Morgan fingerprint density at radius 3 is 2.52 bits per heavy atom. The van der Waals surface area contributed by atoms with Gasteiger partial charge in [0, 0.05) is 31.7 Å². The van der Waals surface area contributed by atoms with E-state index in [1.807, 2.05) is 11.0 Å².